The zero-order valence-electron chi connectivity index (χ0n) is 4.70. The van der Waals surface area contributed by atoms with Gasteiger partial charge in [0, 0.05) is 6.92 Å². The van der Waals surface area contributed by atoms with Crippen molar-refractivity contribution in [2.45, 2.75) is 6.92 Å². The Morgan fingerprint density at radius 3 is 1.78 bits per heavy atom. The van der Waals surface area contributed by atoms with E-state index >= 15 is 0 Å². The molecule has 0 unspecified atom stereocenters. The van der Waals surface area contributed by atoms with E-state index in [-0.39, 0.29) is 0 Å². The van der Waals surface area contributed by atoms with Crippen LogP contribution in [0.5, 0.6) is 0 Å². The van der Waals surface area contributed by atoms with Crippen LogP contribution < -0.4 is 5.90 Å². The maximum Gasteiger partial charge on any atom is 0.392 e. The van der Waals surface area contributed by atoms with E-state index in [1.807, 2.05) is 0 Å². The topological polar surface area (TPSA) is 110 Å². The van der Waals surface area contributed by atoms with E-state index in [0.717, 1.165) is 6.92 Å². The number of carbonyl (C=O) groups excluding carboxylic acids is 2. The maximum absolute atomic E-state index is 9.82. The maximum atomic E-state index is 9.82. The molecule has 0 aromatic carbocycles. The summed E-state index contributed by atoms with van der Waals surface area (Å²) in [6, 6.07) is 0. The minimum absolute atomic E-state index is 0.692. The molecule has 6 heteroatoms. The highest BCUT2D eigenvalue weighted by atomic mass is 17.0. The molecule has 0 aromatic heterocycles. The normalized spacial score (nSPS) is 6.67. The number of ketones is 1. The number of Topliss-reactive ketones (excluding diaryl/α,β-unsaturated/α-hetero) is 1. The van der Waals surface area contributed by atoms with Crippen molar-refractivity contribution in [1.29, 1.82) is 0 Å². The highest BCUT2D eigenvalue weighted by Crippen LogP contribution is 1.69. The van der Waals surface area contributed by atoms with Gasteiger partial charge in [-0.05, 0) is 0 Å². The number of carbonyl (C=O) groups is 2. The summed E-state index contributed by atoms with van der Waals surface area (Å²) in [7, 11) is 0. The molecule has 0 atom stereocenters. The van der Waals surface area contributed by atoms with Crippen LogP contribution >= 0.6 is 0 Å². The summed E-state index contributed by atoms with van der Waals surface area (Å²) in [5.41, 5.74) is 0. The summed E-state index contributed by atoms with van der Waals surface area (Å²) in [4.78, 5) is 23.2. The van der Waals surface area contributed by atoms with Gasteiger partial charge < -0.3 is 4.84 Å². The highest BCUT2D eigenvalue weighted by molar-refractivity contribution is 6.32. The molecule has 9 heavy (non-hydrogen) atoms. The molecule has 0 bridgehead atoms. The summed E-state index contributed by atoms with van der Waals surface area (Å²) in [5.74, 6) is 2.60. The molecule has 0 aromatic rings. The first-order valence-electron chi connectivity index (χ1n) is 1.80. The lowest BCUT2D eigenvalue weighted by Gasteiger charge is -1.85. The quantitative estimate of drug-likeness (QED) is 0.243. The largest absolute Gasteiger partial charge is 0.392 e. The second kappa shape index (κ2) is 7.02. The molecule has 0 fully saturated rings. The molecular weight excluding hydrogens is 130 g/mol. The average molecular weight is 137 g/mol. The number of rotatable bonds is 1. The van der Waals surface area contributed by atoms with Gasteiger partial charge >= 0.3 is 5.97 Å². The molecule has 0 amide bonds. The molecule has 0 aliphatic rings. The van der Waals surface area contributed by atoms with Gasteiger partial charge in [-0.2, -0.15) is 5.90 Å². The molecule has 54 valence electrons. The Labute approximate surface area is 50.7 Å². The van der Waals surface area contributed by atoms with Crippen LogP contribution in [-0.2, 0) is 14.4 Å². The summed E-state index contributed by atoms with van der Waals surface area (Å²) in [6.45, 7) is 1.08. The zero-order valence-corrected chi connectivity index (χ0v) is 4.70. The summed E-state index contributed by atoms with van der Waals surface area (Å²) >= 11 is 0. The van der Waals surface area contributed by atoms with Crippen LogP contribution in [-0.4, -0.2) is 22.3 Å². The Morgan fingerprint density at radius 1 is 1.44 bits per heavy atom. The Hall–Kier alpha value is -0.980. The van der Waals surface area contributed by atoms with E-state index in [1.165, 1.54) is 0 Å². The van der Waals surface area contributed by atoms with Gasteiger partial charge in [0.25, 0.3) is 0 Å². The lowest BCUT2D eigenvalue weighted by molar-refractivity contribution is -0.176. The van der Waals surface area contributed by atoms with Crippen molar-refractivity contribution in [2.24, 2.45) is 5.90 Å². The van der Waals surface area contributed by atoms with E-state index in [0.29, 0.717) is 0 Å². The van der Waals surface area contributed by atoms with Crippen molar-refractivity contribution < 1.29 is 24.9 Å². The van der Waals surface area contributed by atoms with Crippen molar-refractivity contribution >= 4 is 11.8 Å². The van der Waals surface area contributed by atoms with Crippen LogP contribution in [0.25, 0.3) is 0 Å². The van der Waals surface area contributed by atoms with Crippen LogP contribution in [0, 0.1) is 0 Å². The first-order chi connectivity index (χ1) is 4.18. The Morgan fingerprint density at radius 2 is 1.78 bits per heavy atom. The van der Waals surface area contributed by atoms with Crippen LogP contribution in [0.1, 0.15) is 6.92 Å². The van der Waals surface area contributed by atoms with Crippen molar-refractivity contribution in [3.63, 3.8) is 0 Å². The van der Waals surface area contributed by atoms with Crippen molar-refractivity contribution in [2.75, 3.05) is 0 Å². The van der Waals surface area contributed by atoms with Gasteiger partial charge in [-0.15, -0.1) is 0 Å². The predicted molar refractivity (Wildman–Crippen MR) is 26.2 cm³/mol. The second-order valence-electron chi connectivity index (χ2n) is 0.961. The minimum Gasteiger partial charge on any atom is -0.367 e. The molecular formula is C3H7NO5. The molecule has 0 aliphatic carbocycles. The molecule has 0 aliphatic heterocycles. The van der Waals surface area contributed by atoms with Gasteiger partial charge in [-0.1, -0.05) is 0 Å². The third-order valence-corrected chi connectivity index (χ3v) is 0.394. The van der Waals surface area contributed by atoms with Gasteiger partial charge in [0.1, 0.15) is 0 Å². The average Bonchev–Trinajstić information content (AvgIpc) is 1.91. The Balaban J connectivity index is 0. The fourth-order valence-corrected chi connectivity index (χ4v) is 0.0830. The molecule has 0 heterocycles. The second-order valence-corrected chi connectivity index (χ2v) is 0.961. The Kier molecular flexibility index (Phi) is 8.51. The van der Waals surface area contributed by atoms with Gasteiger partial charge in [0.15, 0.2) is 0 Å². The fourth-order valence-electron chi connectivity index (χ4n) is 0.0830. The van der Waals surface area contributed by atoms with E-state index < -0.39 is 11.8 Å². The third-order valence-electron chi connectivity index (χ3n) is 0.394. The van der Waals surface area contributed by atoms with E-state index in [2.05, 4.69) is 10.7 Å². The van der Waals surface area contributed by atoms with Crippen molar-refractivity contribution in [3.05, 3.63) is 0 Å². The standard InChI is InChI=1S/C3H5NO3.H2O2/c1-2(5)3(6)7-4;1-2/h4H2,1H3;1-2H. The first kappa shape index (κ1) is 10.9. The summed E-state index contributed by atoms with van der Waals surface area (Å²) < 4.78 is 0. The fraction of sp³-hybridized carbons (Fsp3) is 0.333. The van der Waals surface area contributed by atoms with Crippen molar-refractivity contribution in [3.8, 4) is 0 Å². The summed E-state index contributed by atoms with van der Waals surface area (Å²) in [6.07, 6.45) is 0. The lowest BCUT2D eigenvalue weighted by atomic mass is 10.5. The molecule has 4 N–H and O–H groups in total. The third kappa shape index (κ3) is 7.02. The number of hydrogen-bond donors (Lipinski definition) is 3. The van der Waals surface area contributed by atoms with Crippen LogP contribution in [0.15, 0.2) is 0 Å². The SMILES string of the molecule is CC(=O)C(=O)ON.OO. The molecule has 0 radical (unpaired) electrons. The summed E-state index contributed by atoms with van der Waals surface area (Å²) in [5, 5.41) is 12.0. The van der Waals surface area contributed by atoms with Crippen LogP contribution in [0.3, 0.4) is 0 Å². The zero-order chi connectivity index (χ0) is 7.86. The number of nitrogens with two attached hydrogens (primary N) is 1. The lowest BCUT2D eigenvalue weighted by Crippen LogP contribution is -2.17. The molecule has 0 rings (SSSR count). The van der Waals surface area contributed by atoms with Gasteiger partial charge in [0.05, 0.1) is 0 Å². The predicted octanol–water partition coefficient (Wildman–Crippen LogP) is -0.990. The number of hydrogen-bond acceptors (Lipinski definition) is 6. The Bertz CT molecular complexity index is 100. The highest BCUT2D eigenvalue weighted by Gasteiger charge is 2.04. The molecule has 0 spiro atoms. The van der Waals surface area contributed by atoms with Gasteiger partial charge in [0.2, 0.25) is 5.78 Å². The smallest absolute Gasteiger partial charge is 0.367 e. The minimum atomic E-state index is -1.01. The van der Waals surface area contributed by atoms with Gasteiger partial charge in [-0.3, -0.25) is 15.3 Å². The van der Waals surface area contributed by atoms with Crippen molar-refractivity contribution in [1.82, 2.24) is 0 Å². The molecule has 0 saturated heterocycles. The molecule has 0 saturated carbocycles. The van der Waals surface area contributed by atoms with Crippen LogP contribution in [0.4, 0.5) is 0 Å². The van der Waals surface area contributed by atoms with Crippen LogP contribution in [0.2, 0.25) is 0 Å². The van der Waals surface area contributed by atoms with Gasteiger partial charge in [-0.25, -0.2) is 4.79 Å². The van der Waals surface area contributed by atoms with E-state index in [4.69, 9.17) is 10.5 Å². The van der Waals surface area contributed by atoms with E-state index in [9.17, 15) is 9.59 Å². The van der Waals surface area contributed by atoms with E-state index in [1.54, 1.807) is 0 Å². The first-order valence-corrected chi connectivity index (χ1v) is 1.80. The monoisotopic (exact) mass is 137 g/mol. The molecule has 6 nitrogen and oxygen atoms in total.